The lowest BCUT2D eigenvalue weighted by Crippen LogP contribution is -2.38. The number of nitrogens with zero attached hydrogens (tertiary/aromatic N) is 4. The second kappa shape index (κ2) is 11.3. The van der Waals surface area contributed by atoms with Crippen molar-refractivity contribution in [3.8, 4) is 5.69 Å². The van der Waals surface area contributed by atoms with Crippen LogP contribution in [0.1, 0.15) is 18.2 Å². The molecular weight excluding hydrogens is 451 g/mol. The molecule has 0 bridgehead atoms. The third-order valence-electron chi connectivity index (χ3n) is 3.82. The van der Waals surface area contributed by atoms with Gasteiger partial charge >= 0.3 is 0 Å². The summed E-state index contributed by atoms with van der Waals surface area (Å²) in [5.74, 6) is 0.802. The van der Waals surface area contributed by atoms with Gasteiger partial charge in [0.25, 0.3) is 0 Å². The van der Waals surface area contributed by atoms with Gasteiger partial charge in [0, 0.05) is 43.2 Å². The molecule has 0 aliphatic heterocycles. The van der Waals surface area contributed by atoms with E-state index in [2.05, 4.69) is 32.6 Å². The number of hydrogen-bond donors (Lipinski definition) is 2. The van der Waals surface area contributed by atoms with Gasteiger partial charge in [0.1, 0.15) is 0 Å². The summed E-state index contributed by atoms with van der Waals surface area (Å²) >= 11 is 0. The average Bonchev–Trinajstić information content (AvgIpc) is 3.17. The first-order valence-corrected chi connectivity index (χ1v) is 8.86. The van der Waals surface area contributed by atoms with E-state index in [0.717, 1.165) is 42.4 Å². The topological polar surface area (TPSA) is 67.1 Å². The lowest BCUT2D eigenvalue weighted by Gasteiger charge is -2.10. The summed E-state index contributed by atoms with van der Waals surface area (Å²) < 4.78 is 1.87. The summed E-state index contributed by atoms with van der Waals surface area (Å²) in [5, 5.41) is 11.0. The number of benzene rings is 1. The molecule has 0 fully saturated rings. The highest BCUT2D eigenvalue weighted by atomic mass is 127. The smallest absolute Gasteiger partial charge is 0.191 e. The van der Waals surface area contributed by atoms with E-state index in [0.29, 0.717) is 6.54 Å². The molecule has 3 rings (SSSR count). The molecule has 3 aromatic rings. The van der Waals surface area contributed by atoms with Gasteiger partial charge in [-0.25, -0.2) is 9.67 Å². The van der Waals surface area contributed by atoms with E-state index in [1.165, 1.54) is 0 Å². The van der Waals surface area contributed by atoms with Crippen LogP contribution < -0.4 is 10.6 Å². The van der Waals surface area contributed by atoms with Crippen molar-refractivity contribution in [2.24, 2.45) is 4.99 Å². The Morgan fingerprint density at radius 1 is 1.07 bits per heavy atom. The van der Waals surface area contributed by atoms with Gasteiger partial charge in [-0.2, -0.15) is 5.10 Å². The summed E-state index contributed by atoms with van der Waals surface area (Å²) in [4.78, 5) is 8.98. The minimum Gasteiger partial charge on any atom is -0.357 e. The number of nitrogens with one attached hydrogen (secondary N) is 2. The molecule has 0 unspecified atom stereocenters. The van der Waals surface area contributed by atoms with Gasteiger partial charge < -0.3 is 10.6 Å². The Hall–Kier alpha value is -2.42. The molecule has 0 saturated carbocycles. The third-order valence-corrected chi connectivity index (χ3v) is 3.82. The molecule has 0 atom stereocenters. The fourth-order valence-electron chi connectivity index (χ4n) is 2.53. The van der Waals surface area contributed by atoms with E-state index in [-0.39, 0.29) is 24.0 Å². The number of rotatable bonds is 7. The molecule has 27 heavy (non-hydrogen) atoms. The van der Waals surface area contributed by atoms with Gasteiger partial charge in [0.05, 0.1) is 18.4 Å². The molecule has 0 saturated heterocycles. The highest BCUT2D eigenvalue weighted by Crippen LogP contribution is 2.08. The molecule has 142 valence electrons. The van der Waals surface area contributed by atoms with Crippen LogP contribution in [0.15, 0.2) is 72.1 Å². The predicted molar refractivity (Wildman–Crippen MR) is 120 cm³/mol. The maximum atomic E-state index is 4.64. The third kappa shape index (κ3) is 6.67. The van der Waals surface area contributed by atoms with Gasteiger partial charge in [0.2, 0.25) is 0 Å². The van der Waals surface area contributed by atoms with Crippen LogP contribution in [0.2, 0.25) is 0 Å². The number of guanidine groups is 1. The molecule has 0 radical (unpaired) electrons. The molecule has 7 heteroatoms. The lowest BCUT2D eigenvalue weighted by molar-refractivity contribution is 0.788. The van der Waals surface area contributed by atoms with Crippen LogP contribution in [0, 0.1) is 0 Å². The number of hydrogen-bond acceptors (Lipinski definition) is 3. The number of para-hydroxylation sites is 1. The van der Waals surface area contributed by atoms with E-state index in [1.807, 2.05) is 71.8 Å². The zero-order valence-electron chi connectivity index (χ0n) is 15.4. The van der Waals surface area contributed by atoms with Crippen LogP contribution in [0.25, 0.3) is 5.69 Å². The number of pyridine rings is 1. The predicted octanol–water partition coefficient (Wildman–Crippen LogP) is 3.18. The van der Waals surface area contributed by atoms with Crippen molar-refractivity contribution < 1.29 is 0 Å². The van der Waals surface area contributed by atoms with Crippen molar-refractivity contribution in [1.29, 1.82) is 0 Å². The van der Waals surface area contributed by atoms with Crippen molar-refractivity contribution in [1.82, 2.24) is 25.4 Å². The van der Waals surface area contributed by atoms with E-state index >= 15 is 0 Å². The molecule has 6 nitrogen and oxygen atoms in total. The highest BCUT2D eigenvalue weighted by Gasteiger charge is 2.02. The average molecular weight is 476 g/mol. The number of aromatic nitrogens is 3. The van der Waals surface area contributed by atoms with Crippen molar-refractivity contribution in [2.75, 3.05) is 13.1 Å². The first-order valence-electron chi connectivity index (χ1n) is 8.86. The van der Waals surface area contributed by atoms with Crippen molar-refractivity contribution >= 4 is 29.9 Å². The zero-order valence-corrected chi connectivity index (χ0v) is 17.7. The van der Waals surface area contributed by atoms with E-state index in [1.54, 1.807) is 0 Å². The summed E-state index contributed by atoms with van der Waals surface area (Å²) in [5.41, 5.74) is 3.18. The van der Waals surface area contributed by atoms with Crippen molar-refractivity contribution in [3.05, 3.63) is 78.4 Å². The van der Waals surface area contributed by atoms with E-state index < -0.39 is 0 Å². The molecule has 0 amide bonds. The summed E-state index contributed by atoms with van der Waals surface area (Å²) in [6, 6.07) is 16.0. The second-order valence-electron chi connectivity index (χ2n) is 5.82. The van der Waals surface area contributed by atoms with Crippen LogP contribution in [-0.2, 0) is 13.0 Å². The van der Waals surface area contributed by atoms with E-state index in [9.17, 15) is 0 Å². The van der Waals surface area contributed by atoms with Gasteiger partial charge in [0.15, 0.2) is 5.96 Å². The molecule has 2 N–H and O–H groups in total. The van der Waals surface area contributed by atoms with Gasteiger partial charge in [-0.1, -0.05) is 24.3 Å². The Bertz CT molecular complexity index is 817. The molecular formula is C20H25IN6. The van der Waals surface area contributed by atoms with Crippen molar-refractivity contribution in [3.63, 3.8) is 0 Å². The van der Waals surface area contributed by atoms with Gasteiger partial charge in [-0.05, 0) is 31.2 Å². The minimum absolute atomic E-state index is 0. The van der Waals surface area contributed by atoms with Crippen LogP contribution in [0.3, 0.4) is 0 Å². The zero-order chi connectivity index (χ0) is 18.0. The molecule has 2 aromatic heterocycles. The fraction of sp³-hybridized carbons (Fsp3) is 0.250. The summed E-state index contributed by atoms with van der Waals surface area (Å²) in [6.07, 6.45) is 6.54. The fourth-order valence-corrected chi connectivity index (χ4v) is 2.53. The normalized spacial score (nSPS) is 10.9. The van der Waals surface area contributed by atoms with Crippen LogP contribution >= 0.6 is 24.0 Å². The summed E-state index contributed by atoms with van der Waals surface area (Å²) in [6.45, 7) is 4.24. The monoisotopic (exact) mass is 476 g/mol. The van der Waals surface area contributed by atoms with Gasteiger partial charge in [-0.3, -0.25) is 4.98 Å². The standard InChI is InChI=1S/C20H24N6.HI/c1-2-21-20(23-13-11-18-8-6-7-12-22-18)24-14-17-15-25-26(16-17)19-9-4-3-5-10-19;/h3-10,12,15-16H,2,11,13-14H2,1H3,(H2,21,23,24);1H. The molecule has 0 aliphatic rings. The largest absolute Gasteiger partial charge is 0.357 e. The first kappa shape index (κ1) is 20.9. The van der Waals surface area contributed by atoms with Gasteiger partial charge in [-0.15, -0.1) is 24.0 Å². The molecule has 1 aromatic carbocycles. The Kier molecular flexibility index (Phi) is 8.76. The Labute approximate surface area is 177 Å². The second-order valence-corrected chi connectivity index (χ2v) is 5.82. The highest BCUT2D eigenvalue weighted by molar-refractivity contribution is 14.0. The number of aliphatic imine (C=N–C) groups is 1. The maximum absolute atomic E-state index is 4.64. The summed E-state index contributed by atoms with van der Waals surface area (Å²) in [7, 11) is 0. The molecule has 0 aliphatic carbocycles. The Morgan fingerprint density at radius 2 is 1.89 bits per heavy atom. The Balaban J connectivity index is 0.00000261. The Morgan fingerprint density at radius 3 is 2.63 bits per heavy atom. The minimum atomic E-state index is 0. The quantitative estimate of drug-likeness (QED) is 0.312. The van der Waals surface area contributed by atoms with Crippen LogP contribution in [-0.4, -0.2) is 33.8 Å². The van der Waals surface area contributed by atoms with E-state index in [4.69, 9.17) is 0 Å². The lowest BCUT2D eigenvalue weighted by atomic mass is 10.3. The molecule has 2 heterocycles. The first-order chi connectivity index (χ1) is 12.8. The van der Waals surface area contributed by atoms with Crippen LogP contribution in [0.4, 0.5) is 0 Å². The van der Waals surface area contributed by atoms with Crippen molar-refractivity contribution in [2.45, 2.75) is 19.9 Å². The number of halogens is 1. The molecule has 0 spiro atoms. The maximum Gasteiger partial charge on any atom is 0.191 e. The SMILES string of the molecule is CCNC(=NCc1cnn(-c2ccccc2)c1)NCCc1ccccn1.I. The van der Waals surface area contributed by atoms with Crippen LogP contribution in [0.5, 0.6) is 0 Å².